The highest BCUT2D eigenvalue weighted by molar-refractivity contribution is 5.58. The van der Waals surface area contributed by atoms with Crippen molar-refractivity contribution in [3.63, 3.8) is 0 Å². The van der Waals surface area contributed by atoms with Crippen LogP contribution in [0.3, 0.4) is 0 Å². The van der Waals surface area contributed by atoms with Crippen LogP contribution in [-0.4, -0.2) is 20.2 Å². The highest BCUT2D eigenvalue weighted by Crippen LogP contribution is 2.27. The molecule has 1 aromatic carbocycles. The van der Waals surface area contributed by atoms with Gasteiger partial charge in [-0.25, -0.2) is 8.78 Å². The molecule has 0 unspecified atom stereocenters. The summed E-state index contributed by atoms with van der Waals surface area (Å²) in [7, 11) is 0. The molecule has 0 aliphatic heterocycles. The monoisotopic (exact) mass is 253 g/mol. The van der Waals surface area contributed by atoms with Gasteiger partial charge in [-0.2, -0.15) is 4.68 Å². The van der Waals surface area contributed by atoms with Gasteiger partial charge in [-0.05, 0) is 16.5 Å². The second-order valence-corrected chi connectivity index (χ2v) is 4.99. The summed E-state index contributed by atoms with van der Waals surface area (Å²) in [5, 5.41) is 11.1. The molecule has 0 fully saturated rings. The van der Waals surface area contributed by atoms with Crippen molar-refractivity contribution in [2.75, 3.05) is 5.73 Å². The number of hydrogen-bond acceptors (Lipinski definition) is 4. The molecule has 0 amide bonds. The molecule has 0 radical (unpaired) electrons. The fourth-order valence-corrected chi connectivity index (χ4v) is 1.61. The van der Waals surface area contributed by atoms with Crippen LogP contribution >= 0.6 is 0 Å². The van der Waals surface area contributed by atoms with Crippen LogP contribution in [0.25, 0.3) is 5.69 Å². The van der Waals surface area contributed by atoms with Crippen molar-refractivity contribution >= 4 is 5.69 Å². The predicted octanol–water partition coefficient (Wildman–Crippen LogP) is 1.82. The average molecular weight is 253 g/mol. The van der Waals surface area contributed by atoms with E-state index in [0.29, 0.717) is 5.82 Å². The van der Waals surface area contributed by atoms with Crippen LogP contribution in [0.15, 0.2) is 12.1 Å². The summed E-state index contributed by atoms with van der Waals surface area (Å²) in [5.41, 5.74) is 5.15. The van der Waals surface area contributed by atoms with Gasteiger partial charge < -0.3 is 5.73 Å². The van der Waals surface area contributed by atoms with E-state index < -0.39 is 17.0 Å². The Bertz CT molecular complexity index is 562. The Morgan fingerprint density at radius 1 is 1.22 bits per heavy atom. The predicted molar refractivity (Wildman–Crippen MR) is 62.2 cm³/mol. The average Bonchev–Trinajstić information content (AvgIpc) is 2.63. The van der Waals surface area contributed by atoms with E-state index in [1.807, 2.05) is 20.8 Å². The molecule has 18 heavy (non-hydrogen) atoms. The normalized spacial score (nSPS) is 11.8. The highest BCUT2D eigenvalue weighted by atomic mass is 19.1. The Labute approximate surface area is 103 Å². The number of aromatic nitrogens is 4. The molecular formula is C11H13F2N5. The number of nitrogens with zero attached hydrogens (tertiary/aromatic N) is 4. The number of benzene rings is 1. The van der Waals surface area contributed by atoms with Crippen LogP contribution in [-0.2, 0) is 5.41 Å². The first kappa shape index (κ1) is 12.4. The van der Waals surface area contributed by atoms with Crippen LogP contribution in [0.1, 0.15) is 26.6 Å². The maximum atomic E-state index is 13.8. The van der Waals surface area contributed by atoms with Crippen LogP contribution in [0, 0.1) is 11.6 Å². The third-order valence-electron chi connectivity index (χ3n) is 2.41. The molecule has 0 saturated carbocycles. The van der Waals surface area contributed by atoms with Crippen molar-refractivity contribution in [2.45, 2.75) is 26.2 Å². The smallest absolute Gasteiger partial charge is 0.162 e. The molecule has 0 bridgehead atoms. The first-order chi connectivity index (χ1) is 8.30. The zero-order valence-electron chi connectivity index (χ0n) is 10.3. The number of rotatable bonds is 1. The molecule has 2 aromatic rings. The number of nitrogens with two attached hydrogens (primary N) is 1. The zero-order valence-corrected chi connectivity index (χ0v) is 10.3. The maximum absolute atomic E-state index is 13.8. The second-order valence-electron chi connectivity index (χ2n) is 4.99. The first-order valence-electron chi connectivity index (χ1n) is 5.34. The lowest BCUT2D eigenvalue weighted by Gasteiger charge is -2.18. The molecule has 1 heterocycles. The Morgan fingerprint density at radius 2 is 1.89 bits per heavy atom. The number of tetrazole rings is 1. The Hall–Kier alpha value is -2.05. The summed E-state index contributed by atoms with van der Waals surface area (Å²) in [5.74, 6) is -1.09. The van der Waals surface area contributed by atoms with Gasteiger partial charge in [-0.15, -0.1) is 5.10 Å². The van der Waals surface area contributed by atoms with E-state index in [1.165, 1.54) is 4.68 Å². The molecule has 96 valence electrons. The van der Waals surface area contributed by atoms with Gasteiger partial charge in [0.1, 0.15) is 11.5 Å². The van der Waals surface area contributed by atoms with E-state index >= 15 is 0 Å². The van der Waals surface area contributed by atoms with Crippen molar-refractivity contribution < 1.29 is 8.78 Å². The Kier molecular flexibility index (Phi) is 2.76. The minimum absolute atomic E-state index is 0.0358. The van der Waals surface area contributed by atoms with Gasteiger partial charge in [0.2, 0.25) is 0 Å². The Morgan fingerprint density at radius 3 is 2.44 bits per heavy atom. The second kappa shape index (κ2) is 4.01. The van der Waals surface area contributed by atoms with Crippen molar-refractivity contribution in [1.29, 1.82) is 0 Å². The molecule has 5 nitrogen and oxygen atoms in total. The fraction of sp³-hybridized carbons (Fsp3) is 0.364. The van der Waals surface area contributed by atoms with E-state index in [-0.39, 0.29) is 11.4 Å². The number of hydrogen-bond donors (Lipinski definition) is 1. The van der Waals surface area contributed by atoms with Crippen LogP contribution in [0.4, 0.5) is 14.5 Å². The summed E-state index contributed by atoms with van der Waals surface area (Å²) >= 11 is 0. The van der Waals surface area contributed by atoms with E-state index in [1.54, 1.807) is 0 Å². The van der Waals surface area contributed by atoms with Crippen LogP contribution in [0.5, 0.6) is 0 Å². The van der Waals surface area contributed by atoms with E-state index in [2.05, 4.69) is 15.5 Å². The maximum Gasteiger partial charge on any atom is 0.162 e. The van der Waals surface area contributed by atoms with Gasteiger partial charge in [0.25, 0.3) is 0 Å². The molecule has 0 aliphatic carbocycles. The SMILES string of the molecule is CC(C)(C)c1nnnn1-c1c(N)cc(F)cc1F. The van der Waals surface area contributed by atoms with Gasteiger partial charge in [-0.3, -0.25) is 0 Å². The molecule has 1 aromatic heterocycles. The minimum Gasteiger partial charge on any atom is -0.397 e. The lowest BCUT2D eigenvalue weighted by atomic mass is 9.95. The van der Waals surface area contributed by atoms with Crippen LogP contribution < -0.4 is 5.73 Å². The van der Waals surface area contributed by atoms with Crippen LogP contribution in [0.2, 0.25) is 0 Å². The molecule has 2 rings (SSSR count). The molecular weight excluding hydrogens is 240 g/mol. The van der Waals surface area contributed by atoms with Crippen molar-refractivity contribution in [3.8, 4) is 5.69 Å². The molecule has 0 spiro atoms. The molecule has 0 atom stereocenters. The third-order valence-corrected chi connectivity index (χ3v) is 2.41. The molecule has 7 heteroatoms. The van der Waals surface area contributed by atoms with E-state index in [9.17, 15) is 8.78 Å². The van der Waals surface area contributed by atoms with Crippen molar-refractivity contribution in [2.24, 2.45) is 0 Å². The topological polar surface area (TPSA) is 69.6 Å². The first-order valence-corrected chi connectivity index (χ1v) is 5.34. The summed E-state index contributed by atoms with van der Waals surface area (Å²) in [4.78, 5) is 0. The fourth-order valence-electron chi connectivity index (χ4n) is 1.61. The van der Waals surface area contributed by atoms with Gasteiger partial charge in [0.15, 0.2) is 11.6 Å². The van der Waals surface area contributed by atoms with Crippen molar-refractivity contribution in [1.82, 2.24) is 20.2 Å². The zero-order chi connectivity index (χ0) is 13.5. The summed E-state index contributed by atoms with van der Waals surface area (Å²) in [6.45, 7) is 5.65. The molecule has 0 saturated heterocycles. The molecule has 2 N–H and O–H groups in total. The van der Waals surface area contributed by atoms with Gasteiger partial charge in [-0.1, -0.05) is 20.8 Å². The van der Waals surface area contributed by atoms with Gasteiger partial charge >= 0.3 is 0 Å². The Balaban J connectivity index is 2.68. The highest BCUT2D eigenvalue weighted by Gasteiger charge is 2.25. The minimum atomic E-state index is -0.801. The lowest BCUT2D eigenvalue weighted by molar-refractivity contribution is 0.515. The third kappa shape index (κ3) is 2.03. The number of halogens is 2. The standard InChI is InChI=1S/C11H13F2N5/c1-11(2,3)10-15-16-17-18(10)9-7(13)4-6(12)5-8(9)14/h4-5H,14H2,1-3H3. The lowest BCUT2D eigenvalue weighted by Crippen LogP contribution is -2.20. The summed E-state index contributed by atoms with van der Waals surface area (Å²) in [6, 6.07) is 1.78. The van der Waals surface area contributed by atoms with E-state index in [4.69, 9.17) is 5.73 Å². The molecule has 0 aliphatic rings. The van der Waals surface area contributed by atoms with Gasteiger partial charge in [0.05, 0.1) is 5.69 Å². The summed E-state index contributed by atoms with van der Waals surface area (Å²) < 4.78 is 28.0. The van der Waals surface area contributed by atoms with Crippen molar-refractivity contribution in [3.05, 3.63) is 29.6 Å². The quantitative estimate of drug-likeness (QED) is 0.787. The van der Waals surface area contributed by atoms with E-state index in [0.717, 1.165) is 12.1 Å². The number of anilines is 1. The van der Waals surface area contributed by atoms with Gasteiger partial charge in [0, 0.05) is 11.5 Å². The number of nitrogen functional groups attached to an aromatic ring is 1. The summed E-state index contributed by atoms with van der Waals surface area (Å²) in [6.07, 6.45) is 0. The largest absolute Gasteiger partial charge is 0.397 e.